The van der Waals surface area contributed by atoms with Gasteiger partial charge in [0.15, 0.2) is 0 Å². The van der Waals surface area contributed by atoms with Crippen LogP contribution in [0.3, 0.4) is 0 Å². The molecule has 0 N–H and O–H groups in total. The third-order valence-electron chi connectivity index (χ3n) is 3.31. The summed E-state index contributed by atoms with van der Waals surface area (Å²) in [5, 5.41) is 0.649. The van der Waals surface area contributed by atoms with Gasteiger partial charge in [-0.05, 0) is 25.7 Å². The molecule has 0 aliphatic heterocycles. The number of alkyl halides is 1. The zero-order valence-corrected chi connectivity index (χ0v) is 12.0. The van der Waals surface area contributed by atoms with Crippen molar-refractivity contribution in [2.24, 2.45) is 0 Å². The van der Waals surface area contributed by atoms with Gasteiger partial charge in [0.25, 0.3) is 5.56 Å². The minimum Gasteiger partial charge on any atom is -0.305 e. The van der Waals surface area contributed by atoms with Gasteiger partial charge in [0.05, 0.1) is 16.8 Å². The standard InChI is InChI=1S/C14H18ClN3O/c1-3-17(2)8-9-18-13(10-15)16-12-7-5-4-6-11(12)14(18)19/h4-7H,3,8-10H2,1-2H3. The molecule has 102 valence electrons. The van der Waals surface area contributed by atoms with Crippen molar-refractivity contribution in [2.75, 3.05) is 20.1 Å². The molecule has 2 rings (SSSR count). The van der Waals surface area contributed by atoms with Gasteiger partial charge in [-0.25, -0.2) is 4.98 Å². The highest BCUT2D eigenvalue weighted by Gasteiger charge is 2.10. The maximum atomic E-state index is 12.5. The Balaban J connectivity index is 2.46. The summed E-state index contributed by atoms with van der Waals surface area (Å²) in [7, 11) is 2.03. The number of rotatable bonds is 5. The maximum absolute atomic E-state index is 12.5. The van der Waals surface area contributed by atoms with E-state index in [9.17, 15) is 4.79 Å². The van der Waals surface area contributed by atoms with Crippen molar-refractivity contribution < 1.29 is 0 Å². The average Bonchev–Trinajstić information content (AvgIpc) is 2.45. The Hall–Kier alpha value is -1.39. The van der Waals surface area contributed by atoms with Crippen LogP contribution in [0.25, 0.3) is 10.9 Å². The molecule has 0 saturated heterocycles. The first-order valence-electron chi connectivity index (χ1n) is 6.40. The van der Waals surface area contributed by atoms with E-state index in [1.54, 1.807) is 4.57 Å². The van der Waals surface area contributed by atoms with Crippen molar-refractivity contribution in [2.45, 2.75) is 19.3 Å². The predicted molar refractivity (Wildman–Crippen MR) is 78.7 cm³/mol. The van der Waals surface area contributed by atoms with Crippen LogP contribution in [0, 0.1) is 0 Å². The van der Waals surface area contributed by atoms with E-state index in [0.29, 0.717) is 23.3 Å². The molecule has 0 radical (unpaired) electrons. The summed E-state index contributed by atoms with van der Waals surface area (Å²) in [6.07, 6.45) is 0. The molecule has 0 spiro atoms. The molecular weight excluding hydrogens is 262 g/mol. The first-order chi connectivity index (χ1) is 9.17. The quantitative estimate of drug-likeness (QED) is 0.787. The van der Waals surface area contributed by atoms with E-state index < -0.39 is 0 Å². The summed E-state index contributed by atoms with van der Waals surface area (Å²) in [5.41, 5.74) is 0.703. The Kier molecular flexibility index (Phi) is 4.56. The molecule has 1 heterocycles. The number of benzene rings is 1. The lowest BCUT2D eigenvalue weighted by Crippen LogP contribution is -2.31. The summed E-state index contributed by atoms with van der Waals surface area (Å²) in [4.78, 5) is 19.1. The number of hydrogen-bond acceptors (Lipinski definition) is 3. The Bertz CT molecular complexity index is 624. The van der Waals surface area contributed by atoms with Gasteiger partial charge in [0.1, 0.15) is 5.82 Å². The Morgan fingerprint density at radius 3 is 2.79 bits per heavy atom. The number of hydrogen-bond donors (Lipinski definition) is 0. The van der Waals surface area contributed by atoms with Crippen LogP contribution in [0.4, 0.5) is 0 Å². The fraction of sp³-hybridized carbons (Fsp3) is 0.429. The highest BCUT2D eigenvalue weighted by Crippen LogP contribution is 2.09. The lowest BCUT2D eigenvalue weighted by molar-refractivity contribution is 0.331. The normalized spacial score (nSPS) is 11.4. The largest absolute Gasteiger partial charge is 0.305 e. The molecule has 4 nitrogen and oxygen atoms in total. The van der Waals surface area contributed by atoms with Crippen molar-refractivity contribution in [3.05, 3.63) is 40.4 Å². The van der Waals surface area contributed by atoms with E-state index in [1.165, 1.54) is 0 Å². The van der Waals surface area contributed by atoms with Crippen molar-refractivity contribution in [3.8, 4) is 0 Å². The number of fused-ring (bicyclic) bond motifs is 1. The van der Waals surface area contributed by atoms with E-state index in [1.807, 2.05) is 31.3 Å². The van der Waals surface area contributed by atoms with Crippen LogP contribution in [0.15, 0.2) is 29.1 Å². The summed E-state index contributed by atoms with van der Waals surface area (Å²) >= 11 is 5.92. The summed E-state index contributed by atoms with van der Waals surface area (Å²) in [6, 6.07) is 7.38. The minimum absolute atomic E-state index is 0.00856. The average molecular weight is 280 g/mol. The predicted octanol–water partition coefficient (Wildman–Crippen LogP) is 2.09. The number of aromatic nitrogens is 2. The number of likely N-dealkylation sites (N-methyl/N-ethyl adjacent to an activating group) is 1. The molecule has 0 bridgehead atoms. The number of nitrogens with zero attached hydrogens (tertiary/aromatic N) is 3. The Morgan fingerprint density at radius 1 is 1.37 bits per heavy atom. The molecule has 1 aromatic carbocycles. The topological polar surface area (TPSA) is 38.1 Å². The van der Waals surface area contributed by atoms with Crippen LogP contribution >= 0.6 is 11.6 Å². The van der Waals surface area contributed by atoms with Crippen LogP contribution in [-0.2, 0) is 12.4 Å². The first-order valence-corrected chi connectivity index (χ1v) is 6.93. The van der Waals surface area contributed by atoms with E-state index in [2.05, 4.69) is 16.8 Å². The molecule has 0 aliphatic carbocycles. The van der Waals surface area contributed by atoms with Crippen molar-refractivity contribution >= 4 is 22.5 Å². The van der Waals surface area contributed by atoms with Crippen LogP contribution < -0.4 is 5.56 Å². The van der Waals surface area contributed by atoms with E-state index in [0.717, 1.165) is 13.1 Å². The smallest absolute Gasteiger partial charge is 0.261 e. The van der Waals surface area contributed by atoms with Crippen LogP contribution in [-0.4, -0.2) is 34.6 Å². The fourth-order valence-corrected chi connectivity index (χ4v) is 2.18. The van der Waals surface area contributed by atoms with Crippen molar-refractivity contribution in [1.29, 1.82) is 0 Å². The van der Waals surface area contributed by atoms with Gasteiger partial charge in [-0.15, -0.1) is 11.6 Å². The summed E-state index contributed by atoms with van der Waals surface area (Å²) in [5.74, 6) is 0.880. The van der Waals surface area contributed by atoms with Crippen LogP contribution in [0.5, 0.6) is 0 Å². The molecular formula is C14H18ClN3O. The van der Waals surface area contributed by atoms with Gasteiger partial charge < -0.3 is 4.90 Å². The Morgan fingerprint density at radius 2 is 2.11 bits per heavy atom. The second-order valence-corrected chi connectivity index (χ2v) is 4.80. The van der Waals surface area contributed by atoms with E-state index in [4.69, 9.17) is 11.6 Å². The second kappa shape index (κ2) is 6.17. The molecule has 0 amide bonds. The molecule has 0 saturated carbocycles. The van der Waals surface area contributed by atoms with Gasteiger partial charge in [0, 0.05) is 13.1 Å². The van der Waals surface area contributed by atoms with Gasteiger partial charge >= 0.3 is 0 Å². The molecule has 0 fully saturated rings. The second-order valence-electron chi connectivity index (χ2n) is 4.53. The monoisotopic (exact) mass is 279 g/mol. The third kappa shape index (κ3) is 2.96. The first kappa shape index (κ1) is 14.0. The zero-order valence-electron chi connectivity index (χ0n) is 11.3. The van der Waals surface area contributed by atoms with Crippen LogP contribution in [0.2, 0.25) is 0 Å². The molecule has 0 unspecified atom stereocenters. The summed E-state index contributed by atoms with van der Waals surface area (Å²) in [6.45, 7) is 4.46. The number of halogens is 1. The van der Waals surface area contributed by atoms with Gasteiger partial charge in [-0.1, -0.05) is 19.1 Å². The highest BCUT2D eigenvalue weighted by molar-refractivity contribution is 6.16. The summed E-state index contributed by atoms with van der Waals surface area (Å²) < 4.78 is 1.68. The third-order valence-corrected chi connectivity index (χ3v) is 3.54. The fourth-order valence-electron chi connectivity index (χ4n) is 1.98. The lowest BCUT2D eigenvalue weighted by Gasteiger charge is -2.17. The molecule has 5 heteroatoms. The molecule has 1 aromatic heterocycles. The Labute approximate surface area is 117 Å². The van der Waals surface area contributed by atoms with Gasteiger partial charge in [-0.2, -0.15) is 0 Å². The minimum atomic E-state index is -0.00856. The SMILES string of the molecule is CCN(C)CCn1c(CCl)nc2ccccc2c1=O. The molecule has 0 atom stereocenters. The van der Waals surface area contributed by atoms with E-state index >= 15 is 0 Å². The van der Waals surface area contributed by atoms with Crippen molar-refractivity contribution in [1.82, 2.24) is 14.5 Å². The highest BCUT2D eigenvalue weighted by atomic mass is 35.5. The zero-order chi connectivity index (χ0) is 13.8. The van der Waals surface area contributed by atoms with E-state index in [-0.39, 0.29) is 11.4 Å². The lowest BCUT2D eigenvalue weighted by atomic mass is 10.2. The maximum Gasteiger partial charge on any atom is 0.261 e. The van der Waals surface area contributed by atoms with Gasteiger partial charge in [-0.3, -0.25) is 9.36 Å². The molecule has 0 aliphatic rings. The van der Waals surface area contributed by atoms with Crippen molar-refractivity contribution in [3.63, 3.8) is 0 Å². The molecule has 19 heavy (non-hydrogen) atoms. The van der Waals surface area contributed by atoms with Gasteiger partial charge in [0.2, 0.25) is 0 Å². The van der Waals surface area contributed by atoms with Crippen LogP contribution in [0.1, 0.15) is 12.7 Å². The number of para-hydroxylation sites is 1. The molecule has 2 aromatic rings.